The Morgan fingerprint density at radius 1 is 1.12 bits per heavy atom. The van der Waals surface area contributed by atoms with Gasteiger partial charge in [0, 0.05) is 29.0 Å². The maximum Gasteiger partial charge on any atom is 0.255 e. The number of carbonyl (C=O) groups excluding carboxylic acids is 2. The van der Waals surface area contributed by atoms with Gasteiger partial charge in [0.25, 0.3) is 5.91 Å². The number of amides is 1. The van der Waals surface area contributed by atoms with Crippen LogP contribution in [0.15, 0.2) is 46.9 Å². The number of hydrogen-bond acceptors (Lipinski definition) is 3. The zero-order valence-electron chi connectivity index (χ0n) is 14.4. The van der Waals surface area contributed by atoms with Crippen LogP contribution in [0.5, 0.6) is 5.75 Å². The molecule has 0 unspecified atom stereocenters. The number of likely N-dealkylation sites (tertiary alicyclic amines) is 1. The van der Waals surface area contributed by atoms with E-state index in [2.05, 4.69) is 15.9 Å². The molecule has 1 aliphatic rings. The van der Waals surface area contributed by atoms with Crippen LogP contribution < -0.4 is 4.74 Å². The second-order valence-electron chi connectivity index (χ2n) is 6.28. The van der Waals surface area contributed by atoms with Crippen LogP contribution in [0.1, 0.15) is 33.6 Å². The van der Waals surface area contributed by atoms with E-state index < -0.39 is 0 Å². The Labute approximate surface area is 166 Å². The van der Waals surface area contributed by atoms with E-state index in [4.69, 9.17) is 16.3 Å². The van der Waals surface area contributed by atoms with Crippen molar-refractivity contribution < 1.29 is 14.3 Å². The third-order valence-electron chi connectivity index (χ3n) is 4.69. The van der Waals surface area contributed by atoms with Crippen molar-refractivity contribution >= 4 is 39.2 Å². The molecule has 1 fully saturated rings. The van der Waals surface area contributed by atoms with E-state index in [0.29, 0.717) is 42.1 Å². The normalized spacial score (nSPS) is 15.0. The van der Waals surface area contributed by atoms with Crippen LogP contribution in [0.2, 0.25) is 5.02 Å². The third-order valence-corrected chi connectivity index (χ3v) is 5.51. The molecule has 3 rings (SSSR count). The molecule has 136 valence electrons. The molecule has 0 saturated carbocycles. The van der Waals surface area contributed by atoms with E-state index in [1.54, 1.807) is 54.5 Å². The zero-order valence-corrected chi connectivity index (χ0v) is 16.7. The average molecular weight is 437 g/mol. The SMILES string of the molecule is COc1ccc(C(=O)C2CCN(C(=O)c3cc(Br)ccc3Cl)CC2)cc1. The standard InChI is InChI=1S/C20H19BrClNO3/c1-26-16-5-2-13(3-6-16)19(24)14-8-10-23(11-9-14)20(25)17-12-15(21)4-7-18(17)22/h2-7,12,14H,8-11H2,1H3. The predicted octanol–water partition coefficient (Wildman–Crippen LogP) is 4.85. The van der Waals surface area contributed by atoms with Crippen LogP contribution in [0.25, 0.3) is 0 Å². The molecule has 0 spiro atoms. The van der Waals surface area contributed by atoms with Crippen molar-refractivity contribution in [3.63, 3.8) is 0 Å². The maximum absolute atomic E-state index is 12.7. The molecule has 1 saturated heterocycles. The number of methoxy groups -OCH3 is 1. The number of rotatable bonds is 4. The van der Waals surface area contributed by atoms with Crippen molar-refractivity contribution in [2.45, 2.75) is 12.8 Å². The quantitative estimate of drug-likeness (QED) is 0.644. The summed E-state index contributed by atoms with van der Waals surface area (Å²) >= 11 is 9.53. The van der Waals surface area contributed by atoms with Gasteiger partial charge in [-0.05, 0) is 55.3 Å². The minimum absolute atomic E-state index is 0.0644. The van der Waals surface area contributed by atoms with Gasteiger partial charge in [-0.1, -0.05) is 27.5 Å². The van der Waals surface area contributed by atoms with E-state index in [1.807, 2.05) is 0 Å². The highest BCUT2D eigenvalue weighted by Gasteiger charge is 2.29. The highest BCUT2D eigenvalue weighted by Crippen LogP contribution is 2.27. The van der Waals surface area contributed by atoms with Gasteiger partial charge in [-0.2, -0.15) is 0 Å². The lowest BCUT2D eigenvalue weighted by atomic mass is 9.88. The van der Waals surface area contributed by atoms with E-state index in [9.17, 15) is 9.59 Å². The monoisotopic (exact) mass is 435 g/mol. The maximum atomic E-state index is 12.7. The number of carbonyl (C=O) groups is 2. The number of piperidine rings is 1. The van der Waals surface area contributed by atoms with E-state index >= 15 is 0 Å². The summed E-state index contributed by atoms with van der Waals surface area (Å²) in [4.78, 5) is 27.2. The first-order valence-electron chi connectivity index (χ1n) is 8.42. The fourth-order valence-corrected chi connectivity index (χ4v) is 3.73. The number of Topliss-reactive ketones (excluding diaryl/α,β-unsaturated/α-hetero) is 1. The Kier molecular flexibility index (Phi) is 5.99. The lowest BCUT2D eigenvalue weighted by Gasteiger charge is -2.31. The Bertz CT molecular complexity index is 814. The number of benzene rings is 2. The molecule has 1 heterocycles. The van der Waals surface area contributed by atoms with Crippen molar-refractivity contribution in [3.05, 3.63) is 63.1 Å². The second-order valence-corrected chi connectivity index (χ2v) is 7.61. The lowest BCUT2D eigenvalue weighted by Crippen LogP contribution is -2.40. The molecule has 1 amide bonds. The van der Waals surface area contributed by atoms with E-state index in [-0.39, 0.29) is 17.6 Å². The highest BCUT2D eigenvalue weighted by atomic mass is 79.9. The van der Waals surface area contributed by atoms with Gasteiger partial charge < -0.3 is 9.64 Å². The van der Waals surface area contributed by atoms with Gasteiger partial charge in [-0.15, -0.1) is 0 Å². The molecule has 0 N–H and O–H groups in total. The van der Waals surface area contributed by atoms with Crippen LogP contribution >= 0.6 is 27.5 Å². The summed E-state index contributed by atoms with van der Waals surface area (Å²) in [6.45, 7) is 1.10. The Hall–Kier alpha value is -1.85. The van der Waals surface area contributed by atoms with Gasteiger partial charge in [-0.25, -0.2) is 0 Å². The molecular formula is C20H19BrClNO3. The summed E-state index contributed by atoms with van der Waals surface area (Å²) in [6.07, 6.45) is 1.31. The topological polar surface area (TPSA) is 46.6 Å². The Morgan fingerprint density at radius 3 is 2.38 bits per heavy atom. The lowest BCUT2D eigenvalue weighted by molar-refractivity contribution is 0.0650. The summed E-state index contributed by atoms with van der Waals surface area (Å²) in [7, 11) is 1.60. The molecule has 0 atom stereocenters. The summed E-state index contributed by atoms with van der Waals surface area (Å²) in [5.74, 6) is 0.699. The molecule has 1 aliphatic heterocycles. The van der Waals surface area contributed by atoms with E-state index in [1.165, 1.54) is 0 Å². The molecule has 2 aromatic carbocycles. The summed E-state index contributed by atoms with van der Waals surface area (Å²) in [5, 5.41) is 0.439. The van der Waals surface area contributed by atoms with E-state index in [0.717, 1.165) is 10.2 Å². The molecule has 4 nitrogen and oxygen atoms in total. The minimum atomic E-state index is -0.0911. The largest absolute Gasteiger partial charge is 0.497 e. The van der Waals surface area contributed by atoms with Crippen molar-refractivity contribution in [2.24, 2.45) is 5.92 Å². The predicted molar refractivity (Wildman–Crippen MR) is 105 cm³/mol. The molecule has 0 aromatic heterocycles. The molecule has 0 aliphatic carbocycles. The molecule has 6 heteroatoms. The fraction of sp³-hybridized carbons (Fsp3) is 0.300. The van der Waals surface area contributed by atoms with Gasteiger partial charge in [0.1, 0.15) is 5.75 Å². The minimum Gasteiger partial charge on any atom is -0.497 e. The Morgan fingerprint density at radius 2 is 1.77 bits per heavy atom. The molecule has 0 radical (unpaired) electrons. The first kappa shape index (κ1) is 18.9. The van der Waals surface area contributed by atoms with Crippen LogP contribution in [-0.2, 0) is 0 Å². The third kappa shape index (κ3) is 4.10. The smallest absolute Gasteiger partial charge is 0.255 e. The Balaban J connectivity index is 1.64. The summed E-state index contributed by atoms with van der Waals surface area (Å²) in [5.41, 5.74) is 1.17. The first-order valence-corrected chi connectivity index (χ1v) is 9.59. The number of nitrogens with zero attached hydrogens (tertiary/aromatic N) is 1. The van der Waals surface area contributed by atoms with Gasteiger partial charge >= 0.3 is 0 Å². The van der Waals surface area contributed by atoms with Gasteiger partial charge in [0.05, 0.1) is 17.7 Å². The van der Waals surface area contributed by atoms with Crippen LogP contribution in [0, 0.1) is 5.92 Å². The number of halogens is 2. The molecular weight excluding hydrogens is 418 g/mol. The fourth-order valence-electron chi connectivity index (χ4n) is 3.17. The zero-order chi connectivity index (χ0) is 18.7. The molecule has 0 bridgehead atoms. The van der Waals surface area contributed by atoms with Crippen molar-refractivity contribution in [1.82, 2.24) is 4.90 Å². The van der Waals surface area contributed by atoms with Gasteiger partial charge in [0.15, 0.2) is 5.78 Å². The van der Waals surface area contributed by atoms with Gasteiger partial charge in [-0.3, -0.25) is 9.59 Å². The van der Waals surface area contributed by atoms with Crippen LogP contribution in [-0.4, -0.2) is 36.8 Å². The molecule has 26 heavy (non-hydrogen) atoms. The number of ether oxygens (including phenoxy) is 1. The number of hydrogen-bond donors (Lipinski definition) is 0. The van der Waals surface area contributed by atoms with Crippen molar-refractivity contribution in [2.75, 3.05) is 20.2 Å². The van der Waals surface area contributed by atoms with Crippen LogP contribution in [0.3, 0.4) is 0 Å². The second kappa shape index (κ2) is 8.23. The van der Waals surface area contributed by atoms with Crippen molar-refractivity contribution in [3.8, 4) is 5.75 Å². The summed E-state index contributed by atoms with van der Waals surface area (Å²) < 4.78 is 5.94. The first-order chi connectivity index (χ1) is 12.5. The van der Waals surface area contributed by atoms with Crippen molar-refractivity contribution in [1.29, 1.82) is 0 Å². The average Bonchev–Trinajstić information content (AvgIpc) is 2.69. The van der Waals surface area contributed by atoms with Gasteiger partial charge in [0.2, 0.25) is 0 Å². The molecule has 2 aromatic rings. The highest BCUT2D eigenvalue weighted by molar-refractivity contribution is 9.10. The summed E-state index contributed by atoms with van der Waals surface area (Å²) in [6, 6.07) is 12.4. The number of ketones is 1. The van der Waals surface area contributed by atoms with Crippen LogP contribution in [0.4, 0.5) is 0 Å².